The Kier molecular flexibility index (Phi) is 4.58. The summed E-state index contributed by atoms with van der Waals surface area (Å²) in [4.78, 5) is 14.9. The number of carbonyl (C=O) groups is 1. The number of aromatic amines is 1. The molecule has 2 aromatic rings. The number of hydrogen-bond acceptors (Lipinski definition) is 2. The van der Waals surface area contributed by atoms with Gasteiger partial charge in [0, 0.05) is 23.6 Å². The van der Waals surface area contributed by atoms with E-state index in [0.717, 1.165) is 24.8 Å². The van der Waals surface area contributed by atoms with Crippen LogP contribution in [0.3, 0.4) is 0 Å². The third-order valence-corrected chi connectivity index (χ3v) is 3.30. The molecule has 1 unspecified atom stereocenters. The van der Waals surface area contributed by atoms with Gasteiger partial charge in [0.1, 0.15) is 0 Å². The van der Waals surface area contributed by atoms with Crippen LogP contribution in [0.15, 0.2) is 30.5 Å². The van der Waals surface area contributed by atoms with E-state index >= 15 is 0 Å². The first kappa shape index (κ1) is 13.6. The average Bonchev–Trinajstić information content (AvgIpc) is 2.82. The highest BCUT2D eigenvalue weighted by Crippen LogP contribution is 2.17. The minimum atomic E-state index is -0.382. The molecule has 1 aromatic heterocycles. The molecule has 19 heavy (non-hydrogen) atoms. The molecular weight excluding hydrogens is 238 g/mol. The lowest BCUT2D eigenvalue weighted by atomic mass is 10.1. The van der Waals surface area contributed by atoms with Crippen LogP contribution >= 0.6 is 0 Å². The number of benzene rings is 1. The van der Waals surface area contributed by atoms with Crippen molar-refractivity contribution in [2.24, 2.45) is 5.73 Å². The van der Waals surface area contributed by atoms with Crippen LogP contribution < -0.4 is 11.1 Å². The quantitative estimate of drug-likeness (QED) is 0.742. The number of nitrogens with two attached hydrogens (primary N) is 1. The van der Waals surface area contributed by atoms with Crippen molar-refractivity contribution in [3.63, 3.8) is 0 Å². The number of nitrogens with one attached hydrogen (secondary N) is 2. The van der Waals surface area contributed by atoms with Gasteiger partial charge in [0.15, 0.2) is 0 Å². The van der Waals surface area contributed by atoms with Gasteiger partial charge in [-0.1, -0.05) is 31.5 Å². The molecule has 0 saturated heterocycles. The van der Waals surface area contributed by atoms with E-state index in [1.165, 1.54) is 10.9 Å². The van der Waals surface area contributed by atoms with Gasteiger partial charge in [-0.15, -0.1) is 0 Å². The van der Waals surface area contributed by atoms with Crippen molar-refractivity contribution < 1.29 is 4.79 Å². The number of H-pyrrole nitrogens is 1. The molecule has 0 spiro atoms. The van der Waals surface area contributed by atoms with Crippen LogP contribution in [-0.4, -0.2) is 23.5 Å². The second-order valence-electron chi connectivity index (χ2n) is 4.80. The molecule has 1 heterocycles. The van der Waals surface area contributed by atoms with Crippen LogP contribution in [0.5, 0.6) is 0 Å². The lowest BCUT2D eigenvalue weighted by Gasteiger charge is -2.10. The first-order valence-corrected chi connectivity index (χ1v) is 6.80. The van der Waals surface area contributed by atoms with E-state index in [2.05, 4.69) is 22.4 Å². The Hall–Kier alpha value is -1.81. The van der Waals surface area contributed by atoms with Gasteiger partial charge in [-0.25, -0.2) is 0 Å². The van der Waals surface area contributed by atoms with Gasteiger partial charge in [-0.3, -0.25) is 4.79 Å². The van der Waals surface area contributed by atoms with Crippen LogP contribution in [0.25, 0.3) is 10.9 Å². The maximum Gasteiger partial charge on any atom is 0.236 e. The van der Waals surface area contributed by atoms with Gasteiger partial charge in [0.2, 0.25) is 5.91 Å². The Balaban J connectivity index is 1.87. The van der Waals surface area contributed by atoms with Crippen LogP contribution in [-0.2, 0) is 11.2 Å². The molecule has 102 valence electrons. The largest absolute Gasteiger partial charge is 0.361 e. The average molecular weight is 259 g/mol. The van der Waals surface area contributed by atoms with Crippen molar-refractivity contribution in [3.05, 3.63) is 36.0 Å². The maximum atomic E-state index is 11.7. The van der Waals surface area contributed by atoms with Crippen LogP contribution in [0.2, 0.25) is 0 Å². The standard InChI is InChI=1S/C15H21N3O/c1-2-5-13(16)15(19)17-9-8-11-10-18-14-7-4-3-6-12(11)14/h3-4,6-7,10,13,18H,2,5,8-9,16H2,1H3,(H,17,19). The third-order valence-electron chi connectivity index (χ3n) is 3.30. The first-order chi connectivity index (χ1) is 9.22. The molecule has 0 aliphatic heterocycles. The van der Waals surface area contributed by atoms with Gasteiger partial charge < -0.3 is 16.0 Å². The summed E-state index contributed by atoms with van der Waals surface area (Å²) in [6.07, 6.45) is 4.48. The molecular formula is C15H21N3O. The van der Waals surface area contributed by atoms with Gasteiger partial charge in [-0.05, 0) is 24.5 Å². The van der Waals surface area contributed by atoms with Crippen molar-refractivity contribution in [2.75, 3.05) is 6.54 Å². The molecule has 1 amide bonds. The molecule has 0 radical (unpaired) electrons. The highest BCUT2D eigenvalue weighted by molar-refractivity contribution is 5.83. The Morgan fingerprint density at radius 1 is 1.42 bits per heavy atom. The molecule has 1 atom stereocenters. The van der Waals surface area contributed by atoms with Crippen molar-refractivity contribution in [2.45, 2.75) is 32.2 Å². The number of hydrogen-bond donors (Lipinski definition) is 3. The zero-order valence-electron chi connectivity index (χ0n) is 11.3. The second-order valence-corrected chi connectivity index (χ2v) is 4.80. The second kappa shape index (κ2) is 6.38. The minimum absolute atomic E-state index is 0.0540. The Morgan fingerprint density at radius 2 is 2.21 bits per heavy atom. The topological polar surface area (TPSA) is 70.9 Å². The van der Waals surface area contributed by atoms with E-state index in [-0.39, 0.29) is 11.9 Å². The van der Waals surface area contributed by atoms with Crippen molar-refractivity contribution in [1.29, 1.82) is 0 Å². The van der Waals surface area contributed by atoms with E-state index in [9.17, 15) is 4.79 Å². The van der Waals surface area contributed by atoms with E-state index < -0.39 is 0 Å². The van der Waals surface area contributed by atoms with E-state index in [0.29, 0.717) is 6.54 Å². The number of para-hydroxylation sites is 1. The summed E-state index contributed by atoms with van der Waals surface area (Å²) in [5.74, 6) is -0.0540. The Labute approximate surface area is 113 Å². The molecule has 4 N–H and O–H groups in total. The molecule has 1 aromatic carbocycles. The molecule has 4 nitrogen and oxygen atoms in total. The van der Waals surface area contributed by atoms with Crippen molar-refractivity contribution >= 4 is 16.8 Å². The first-order valence-electron chi connectivity index (χ1n) is 6.80. The Morgan fingerprint density at radius 3 is 3.00 bits per heavy atom. The van der Waals surface area contributed by atoms with Crippen LogP contribution in [0, 0.1) is 0 Å². The molecule has 0 fully saturated rings. The number of amides is 1. The number of carbonyl (C=O) groups excluding carboxylic acids is 1. The van der Waals surface area contributed by atoms with E-state index in [1.807, 2.05) is 25.3 Å². The fourth-order valence-corrected chi connectivity index (χ4v) is 2.23. The smallest absolute Gasteiger partial charge is 0.236 e. The fraction of sp³-hybridized carbons (Fsp3) is 0.400. The van der Waals surface area contributed by atoms with Crippen LogP contribution in [0.4, 0.5) is 0 Å². The predicted molar refractivity (Wildman–Crippen MR) is 77.9 cm³/mol. The van der Waals surface area contributed by atoms with Gasteiger partial charge in [-0.2, -0.15) is 0 Å². The Bertz CT molecular complexity index is 547. The monoisotopic (exact) mass is 259 g/mol. The summed E-state index contributed by atoms with van der Waals surface area (Å²) in [7, 11) is 0. The summed E-state index contributed by atoms with van der Waals surface area (Å²) in [5.41, 5.74) is 8.11. The summed E-state index contributed by atoms with van der Waals surface area (Å²) in [6, 6.07) is 7.79. The summed E-state index contributed by atoms with van der Waals surface area (Å²) in [6.45, 7) is 2.65. The molecule has 0 bridgehead atoms. The molecule has 2 rings (SSSR count). The summed E-state index contributed by atoms with van der Waals surface area (Å²) >= 11 is 0. The SMILES string of the molecule is CCCC(N)C(=O)NCCc1c[nH]c2ccccc12. The zero-order chi connectivity index (χ0) is 13.7. The number of fused-ring (bicyclic) bond motifs is 1. The fourth-order valence-electron chi connectivity index (χ4n) is 2.23. The highest BCUT2D eigenvalue weighted by atomic mass is 16.2. The zero-order valence-corrected chi connectivity index (χ0v) is 11.3. The van der Waals surface area contributed by atoms with E-state index in [1.54, 1.807) is 0 Å². The predicted octanol–water partition coefficient (Wildman–Crippen LogP) is 1.95. The normalized spacial score (nSPS) is 12.5. The molecule has 0 aliphatic carbocycles. The van der Waals surface area contributed by atoms with Crippen molar-refractivity contribution in [3.8, 4) is 0 Å². The third kappa shape index (κ3) is 3.35. The summed E-state index contributed by atoms with van der Waals surface area (Å²) in [5, 5.41) is 4.11. The van der Waals surface area contributed by atoms with Gasteiger partial charge in [0.25, 0.3) is 0 Å². The summed E-state index contributed by atoms with van der Waals surface area (Å²) < 4.78 is 0. The minimum Gasteiger partial charge on any atom is -0.361 e. The molecule has 0 aliphatic rings. The van der Waals surface area contributed by atoms with Crippen LogP contribution in [0.1, 0.15) is 25.3 Å². The molecule has 4 heteroatoms. The molecule has 0 saturated carbocycles. The number of aromatic nitrogens is 1. The van der Waals surface area contributed by atoms with Crippen molar-refractivity contribution in [1.82, 2.24) is 10.3 Å². The van der Waals surface area contributed by atoms with Gasteiger partial charge in [0.05, 0.1) is 6.04 Å². The maximum absolute atomic E-state index is 11.7. The number of rotatable bonds is 6. The highest BCUT2D eigenvalue weighted by Gasteiger charge is 2.11. The lowest BCUT2D eigenvalue weighted by molar-refractivity contribution is -0.122. The van der Waals surface area contributed by atoms with E-state index in [4.69, 9.17) is 5.73 Å². The van der Waals surface area contributed by atoms with Gasteiger partial charge >= 0.3 is 0 Å². The lowest BCUT2D eigenvalue weighted by Crippen LogP contribution is -2.41.